The second-order valence-electron chi connectivity index (χ2n) is 1.83. The number of hydrogen-bond acceptors (Lipinski definition) is 2. The second kappa shape index (κ2) is 2.83. The molecule has 2 heteroatoms. The van der Waals surface area contributed by atoms with Crippen LogP contribution in [0, 0.1) is 0 Å². The average molecular weight is 146 g/mol. The van der Waals surface area contributed by atoms with Gasteiger partial charge in [-0.3, -0.25) is 0 Å². The van der Waals surface area contributed by atoms with E-state index in [9.17, 15) is 0 Å². The highest BCUT2D eigenvalue weighted by molar-refractivity contribution is 8.19. The molecule has 8 heavy (non-hydrogen) atoms. The Kier molecular flexibility index (Phi) is 2.32. The molecule has 0 radical (unpaired) electrons. The van der Waals surface area contributed by atoms with E-state index in [0.29, 0.717) is 0 Å². The molecule has 1 unspecified atom stereocenters. The molecule has 0 aromatic carbocycles. The maximum atomic E-state index is 2.29. The van der Waals surface area contributed by atoms with Gasteiger partial charge < -0.3 is 0 Å². The fourth-order valence-corrected chi connectivity index (χ4v) is 3.03. The fourth-order valence-electron chi connectivity index (χ4n) is 0.645. The van der Waals surface area contributed by atoms with Crippen LogP contribution < -0.4 is 0 Å². The first kappa shape index (κ1) is 6.56. The summed E-state index contributed by atoms with van der Waals surface area (Å²) in [5, 5.41) is 0. The molecule has 46 valence electrons. The minimum Gasteiger partial charge on any atom is -0.143 e. The van der Waals surface area contributed by atoms with Crippen molar-refractivity contribution in [1.82, 2.24) is 0 Å². The summed E-state index contributed by atoms with van der Waals surface area (Å²) in [5.74, 6) is 1.21. The van der Waals surface area contributed by atoms with Gasteiger partial charge in [-0.15, -0.1) is 23.5 Å². The lowest BCUT2D eigenvalue weighted by atomic mass is 10.6. The van der Waals surface area contributed by atoms with Crippen LogP contribution in [0.5, 0.6) is 0 Å². The summed E-state index contributed by atoms with van der Waals surface area (Å²) < 4.78 is 0.778. The van der Waals surface area contributed by atoms with Gasteiger partial charge in [-0.05, 0) is 18.8 Å². The normalized spacial score (nSPS) is 29.8. The minimum atomic E-state index is 0.778. The van der Waals surface area contributed by atoms with Gasteiger partial charge in [0.2, 0.25) is 0 Å². The van der Waals surface area contributed by atoms with Gasteiger partial charge in [0.25, 0.3) is 0 Å². The minimum absolute atomic E-state index is 0.778. The van der Waals surface area contributed by atoms with E-state index in [4.69, 9.17) is 0 Å². The van der Waals surface area contributed by atoms with Crippen LogP contribution in [0.15, 0.2) is 11.0 Å². The standard InChI is InChI=1S/C6H10S2/c1-5-3-4-7-6(2)8-5/h3,6H,4H2,1-2H3. The van der Waals surface area contributed by atoms with E-state index in [-0.39, 0.29) is 0 Å². The Labute approximate surface area is 59.1 Å². The molecule has 0 amide bonds. The molecule has 0 nitrogen and oxygen atoms in total. The van der Waals surface area contributed by atoms with E-state index < -0.39 is 0 Å². The van der Waals surface area contributed by atoms with Crippen molar-refractivity contribution in [3.8, 4) is 0 Å². The van der Waals surface area contributed by atoms with Gasteiger partial charge in [-0.2, -0.15) is 0 Å². The van der Waals surface area contributed by atoms with E-state index >= 15 is 0 Å². The van der Waals surface area contributed by atoms with E-state index in [0.717, 1.165) is 4.58 Å². The van der Waals surface area contributed by atoms with Crippen molar-refractivity contribution in [3.63, 3.8) is 0 Å². The Morgan fingerprint density at radius 1 is 1.75 bits per heavy atom. The zero-order valence-corrected chi connectivity index (χ0v) is 6.81. The Hall–Kier alpha value is 0.440. The van der Waals surface area contributed by atoms with Gasteiger partial charge in [-0.1, -0.05) is 6.08 Å². The van der Waals surface area contributed by atoms with Crippen molar-refractivity contribution in [2.75, 3.05) is 5.75 Å². The van der Waals surface area contributed by atoms with E-state index in [1.54, 1.807) is 0 Å². The van der Waals surface area contributed by atoms with Gasteiger partial charge >= 0.3 is 0 Å². The Balaban J connectivity index is 2.45. The largest absolute Gasteiger partial charge is 0.143 e. The zero-order valence-electron chi connectivity index (χ0n) is 5.18. The Bertz CT molecular complexity index is 107. The lowest BCUT2D eigenvalue weighted by Gasteiger charge is -2.14. The van der Waals surface area contributed by atoms with Crippen LogP contribution in [0.25, 0.3) is 0 Å². The highest BCUT2D eigenvalue weighted by atomic mass is 32.2. The molecule has 0 aliphatic carbocycles. The maximum absolute atomic E-state index is 2.29. The average Bonchev–Trinajstić information content (AvgIpc) is 1.64. The van der Waals surface area contributed by atoms with Crippen molar-refractivity contribution in [2.45, 2.75) is 18.4 Å². The lowest BCUT2D eigenvalue weighted by molar-refractivity contribution is 1.39. The van der Waals surface area contributed by atoms with Crippen molar-refractivity contribution in [3.05, 3.63) is 11.0 Å². The predicted octanol–water partition coefficient (Wildman–Crippen LogP) is 2.72. The van der Waals surface area contributed by atoms with Gasteiger partial charge in [0, 0.05) is 5.75 Å². The van der Waals surface area contributed by atoms with E-state index in [1.807, 2.05) is 23.5 Å². The molecule has 0 aromatic rings. The lowest BCUT2D eigenvalue weighted by Crippen LogP contribution is -1.95. The number of rotatable bonds is 0. The van der Waals surface area contributed by atoms with Crippen molar-refractivity contribution >= 4 is 23.5 Å². The Morgan fingerprint density at radius 2 is 2.50 bits per heavy atom. The summed E-state index contributed by atoms with van der Waals surface area (Å²) in [6.07, 6.45) is 2.29. The molecule has 1 heterocycles. The molecule has 0 aromatic heterocycles. The molecule has 0 spiro atoms. The summed E-state index contributed by atoms with van der Waals surface area (Å²) in [6, 6.07) is 0. The smallest absolute Gasteiger partial charge is 0.0521 e. The van der Waals surface area contributed by atoms with E-state index in [1.165, 1.54) is 10.7 Å². The number of allylic oxidation sites excluding steroid dienone is 1. The predicted molar refractivity (Wildman–Crippen MR) is 43.3 cm³/mol. The molecular weight excluding hydrogens is 136 g/mol. The SMILES string of the molecule is CC1=CCSC(C)S1. The molecule has 1 aliphatic heterocycles. The van der Waals surface area contributed by atoms with Gasteiger partial charge in [0.15, 0.2) is 0 Å². The summed E-state index contributed by atoms with van der Waals surface area (Å²) >= 11 is 3.97. The highest BCUT2D eigenvalue weighted by Gasteiger charge is 2.06. The molecule has 0 saturated carbocycles. The number of hydrogen-bond donors (Lipinski definition) is 0. The van der Waals surface area contributed by atoms with Crippen LogP contribution in [0.2, 0.25) is 0 Å². The molecule has 1 atom stereocenters. The number of thioether (sulfide) groups is 2. The molecule has 1 aliphatic rings. The van der Waals surface area contributed by atoms with Crippen LogP contribution >= 0.6 is 23.5 Å². The molecule has 0 bridgehead atoms. The quantitative estimate of drug-likeness (QED) is 0.515. The first-order valence-electron chi connectivity index (χ1n) is 2.74. The molecule has 0 N–H and O–H groups in total. The van der Waals surface area contributed by atoms with Crippen molar-refractivity contribution in [1.29, 1.82) is 0 Å². The first-order valence-corrected chi connectivity index (χ1v) is 4.67. The molecule has 1 rings (SSSR count). The molecular formula is C6H10S2. The maximum Gasteiger partial charge on any atom is 0.0521 e. The van der Waals surface area contributed by atoms with Gasteiger partial charge in [0.05, 0.1) is 4.58 Å². The third-order valence-electron chi connectivity index (χ3n) is 1.05. The van der Waals surface area contributed by atoms with Crippen LogP contribution in [-0.2, 0) is 0 Å². The van der Waals surface area contributed by atoms with Crippen molar-refractivity contribution in [2.24, 2.45) is 0 Å². The summed E-state index contributed by atoms with van der Waals surface area (Å²) in [5.41, 5.74) is 0. The van der Waals surface area contributed by atoms with Gasteiger partial charge in [-0.25, -0.2) is 0 Å². The van der Waals surface area contributed by atoms with Crippen LogP contribution in [0.4, 0.5) is 0 Å². The summed E-state index contributed by atoms with van der Waals surface area (Å²) in [7, 11) is 0. The first-order chi connectivity index (χ1) is 3.79. The van der Waals surface area contributed by atoms with Crippen LogP contribution in [0.3, 0.4) is 0 Å². The highest BCUT2D eigenvalue weighted by Crippen LogP contribution is 2.33. The zero-order chi connectivity index (χ0) is 5.98. The fraction of sp³-hybridized carbons (Fsp3) is 0.667. The molecule has 0 fully saturated rings. The van der Waals surface area contributed by atoms with Crippen LogP contribution in [0.1, 0.15) is 13.8 Å². The van der Waals surface area contributed by atoms with Crippen molar-refractivity contribution < 1.29 is 0 Å². The second-order valence-corrected chi connectivity index (χ2v) is 5.09. The third-order valence-corrected chi connectivity index (χ3v) is 3.45. The summed E-state index contributed by atoms with van der Waals surface area (Å²) in [4.78, 5) is 1.48. The third kappa shape index (κ3) is 1.75. The topological polar surface area (TPSA) is 0 Å². The monoisotopic (exact) mass is 146 g/mol. The van der Waals surface area contributed by atoms with Gasteiger partial charge in [0.1, 0.15) is 0 Å². The van der Waals surface area contributed by atoms with Crippen LogP contribution in [-0.4, -0.2) is 10.3 Å². The molecule has 0 saturated heterocycles. The Morgan fingerprint density at radius 3 is 2.88 bits per heavy atom. The summed E-state index contributed by atoms with van der Waals surface area (Å²) in [6.45, 7) is 4.44. The van der Waals surface area contributed by atoms with E-state index in [2.05, 4.69) is 19.9 Å².